The Morgan fingerprint density at radius 3 is 2.50 bits per heavy atom. The predicted molar refractivity (Wildman–Crippen MR) is 84.2 cm³/mol. The molecule has 0 radical (unpaired) electrons. The van der Waals surface area contributed by atoms with Gasteiger partial charge in [-0.25, -0.2) is 4.39 Å². The third kappa shape index (κ3) is 3.62. The van der Waals surface area contributed by atoms with Gasteiger partial charge in [-0.05, 0) is 70.6 Å². The first kappa shape index (κ1) is 16.0. The summed E-state index contributed by atoms with van der Waals surface area (Å²) in [6.07, 6.45) is 6.05. The third-order valence-corrected chi connectivity index (χ3v) is 5.14. The van der Waals surface area contributed by atoms with E-state index in [2.05, 4.69) is 29.8 Å². The molecule has 1 aliphatic rings. The average Bonchev–Trinajstić information content (AvgIpc) is 2.83. The molecule has 20 heavy (non-hydrogen) atoms. The molecule has 1 aromatic rings. The van der Waals surface area contributed by atoms with Gasteiger partial charge < -0.3 is 5.11 Å². The zero-order valence-electron chi connectivity index (χ0n) is 12.3. The van der Waals surface area contributed by atoms with Crippen LogP contribution in [0.4, 0.5) is 4.39 Å². The summed E-state index contributed by atoms with van der Waals surface area (Å²) in [7, 11) is 0. The van der Waals surface area contributed by atoms with Crippen LogP contribution in [0.2, 0.25) is 0 Å². The Morgan fingerprint density at radius 1 is 1.30 bits per heavy atom. The number of rotatable bonds is 5. The summed E-state index contributed by atoms with van der Waals surface area (Å²) >= 11 is 3.22. The fourth-order valence-electron chi connectivity index (χ4n) is 3.67. The molecule has 1 nitrogen and oxygen atoms in total. The lowest BCUT2D eigenvalue weighted by Gasteiger charge is -2.36. The van der Waals surface area contributed by atoms with Gasteiger partial charge in [0, 0.05) is 0 Å². The molecule has 1 atom stereocenters. The SMILES string of the molecule is CC(C)CC1(C(O)Cc2ccc(F)c(Br)c2)CCCC1. The smallest absolute Gasteiger partial charge is 0.137 e. The lowest BCUT2D eigenvalue weighted by atomic mass is 9.72. The monoisotopic (exact) mass is 342 g/mol. The number of aliphatic hydroxyl groups is 1. The van der Waals surface area contributed by atoms with E-state index in [1.165, 1.54) is 18.9 Å². The summed E-state index contributed by atoms with van der Waals surface area (Å²) in [5, 5.41) is 10.8. The maximum Gasteiger partial charge on any atom is 0.137 e. The van der Waals surface area contributed by atoms with Gasteiger partial charge in [0.2, 0.25) is 0 Å². The van der Waals surface area contributed by atoms with E-state index in [0.29, 0.717) is 16.8 Å². The van der Waals surface area contributed by atoms with Crippen LogP contribution in [-0.4, -0.2) is 11.2 Å². The van der Waals surface area contributed by atoms with E-state index in [1.54, 1.807) is 12.1 Å². The van der Waals surface area contributed by atoms with Crippen LogP contribution in [0.15, 0.2) is 22.7 Å². The maximum absolute atomic E-state index is 13.3. The van der Waals surface area contributed by atoms with Crippen LogP contribution in [-0.2, 0) is 6.42 Å². The summed E-state index contributed by atoms with van der Waals surface area (Å²) in [5.41, 5.74) is 1.07. The van der Waals surface area contributed by atoms with Crippen molar-refractivity contribution in [1.82, 2.24) is 0 Å². The highest BCUT2D eigenvalue weighted by Gasteiger charge is 2.40. The van der Waals surface area contributed by atoms with Crippen LogP contribution in [0.1, 0.15) is 51.5 Å². The second kappa shape index (κ2) is 6.57. The first-order valence-electron chi connectivity index (χ1n) is 7.55. The largest absolute Gasteiger partial charge is 0.392 e. The first-order chi connectivity index (χ1) is 9.43. The Labute approximate surface area is 129 Å². The van der Waals surface area contributed by atoms with Crippen LogP contribution >= 0.6 is 15.9 Å². The second-order valence-corrected chi connectivity index (χ2v) is 7.49. The van der Waals surface area contributed by atoms with Crippen molar-refractivity contribution in [3.05, 3.63) is 34.1 Å². The summed E-state index contributed by atoms with van der Waals surface area (Å²) in [5.74, 6) is 0.351. The highest BCUT2D eigenvalue weighted by Crippen LogP contribution is 2.46. The van der Waals surface area contributed by atoms with Crippen molar-refractivity contribution >= 4 is 15.9 Å². The number of halogens is 2. The minimum Gasteiger partial charge on any atom is -0.392 e. The first-order valence-corrected chi connectivity index (χ1v) is 8.34. The zero-order valence-corrected chi connectivity index (χ0v) is 13.9. The molecular weight excluding hydrogens is 319 g/mol. The fourth-order valence-corrected chi connectivity index (χ4v) is 4.10. The van der Waals surface area contributed by atoms with Crippen molar-refractivity contribution in [3.63, 3.8) is 0 Å². The maximum atomic E-state index is 13.3. The molecule has 0 spiro atoms. The van der Waals surface area contributed by atoms with Crippen LogP contribution in [0.3, 0.4) is 0 Å². The van der Waals surface area contributed by atoms with Crippen molar-refractivity contribution in [2.24, 2.45) is 11.3 Å². The Balaban J connectivity index is 2.12. The molecule has 0 aliphatic heterocycles. The molecule has 1 aromatic carbocycles. The number of aliphatic hydroxyl groups excluding tert-OH is 1. The minimum absolute atomic E-state index is 0.0645. The van der Waals surface area contributed by atoms with Gasteiger partial charge in [-0.15, -0.1) is 0 Å². The molecule has 2 rings (SSSR count). The summed E-state index contributed by atoms with van der Waals surface area (Å²) in [6, 6.07) is 5.04. The molecule has 3 heteroatoms. The molecule has 0 heterocycles. The van der Waals surface area contributed by atoms with Crippen LogP contribution in [0, 0.1) is 17.2 Å². The Morgan fingerprint density at radius 2 is 1.95 bits per heavy atom. The van der Waals surface area contributed by atoms with Gasteiger partial charge in [0.25, 0.3) is 0 Å². The standard InChI is InChI=1S/C17H24BrFO/c1-12(2)11-17(7-3-4-8-17)16(20)10-13-5-6-15(19)14(18)9-13/h5-6,9,12,16,20H,3-4,7-8,10-11H2,1-2H3. The van der Waals surface area contributed by atoms with E-state index in [9.17, 15) is 9.50 Å². The third-order valence-electron chi connectivity index (χ3n) is 4.53. The molecule has 112 valence electrons. The van der Waals surface area contributed by atoms with E-state index in [4.69, 9.17) is 0 Å². The van der Waals surface area contributed by atoms with Crippen LogP contribution in [0.5, 0.6) is 0 Å². The predicted octanol–water partition coefficient (Wildman–Crippen LogP) is 5.10. The van der Waals surface area contributed by atoms with Gasteiger partial charge in [-0.2, -0.15) is 0 Å². The highest BCUT2D eigenvalue weighted by molar-refractivity contribution is 9.10. The number of benzene rings is 1. The molecule has 1 aliphatic carbocycles. The highest BCUT2D eigenvalue weighted by atomic mass is 79.9. The van der Waals surface area contributed by atoms with E-state index in [1.807, 2.05) is 0 Å². The van der Waals surface area contributed by atoms with Gasteiger partial charge in [0.05, 0.1) is 10.6 Å². The van der Waals surface area contributed by atoms with Crippen LogP contribution in [0.25, 0.3) is 0 Å². The van der Waals surface area contributed by atoms with E-state index in [0.717, 1.165) is 24.8 Å². The summed E-state index contributed by atoms with van der Waals surface area (Å²) < 4.78 is 13.8. The topological polar surface area (TPSA) is 20.2 Å². The van der Waals surface area contributed by atoms with Crippen molar-refractivity contribution in [2.45, 2.75) is 58.5 Å². The summed E-state index contributed by atoms with van der Waals surface area (Å²) in [4.78, 5) is 0. The lowest BCUT2D eigenvalue weighted by Crippen LogP contribution is -2.35. The molecule has 1 saturated carbocycles. The Bertz CT molecular complexity index is 452. The molecule has 1 fully saturated rings. The van der Waals surface area contributed by atoms with Crippen molar-refractivity contribution in [1.29, 1.82) is 0 Å². The molecule has 0 saturated heterocycles. The lowest BCUT2D eigenvalue weighted by molar-refractivity contribution is 0.0133. The van der Waals surface area contributed by atoms with E-state index >= 15 is 0 Å². The zero-order chi connectivity index (χ0) is 14.8. The summed E-state index contributed by atoms with van der Waals surface area (Å²) in [6.45, 7) is 4.45. The number of hydrogen-bond donors (Lipinski definition) is 1. The van der Waals surface area contributed by atoms with Crippen molar-refractivity contribution in [3.8, 4) is 0 Å². The molecule has 0 aromatic heterocycles. The van der Waals surface area contributed by atoms with Crippen molar-refractivity contribution < 1.29 is 9.50 Å². The average molecular weight is 343 g/mol. The normalized spacial score (nSPS) is 19.5. The Kier molecular flexibility index (Phi) is 5.25. The fraction of sp³-hybridized carbons (Fsp3) is 0.647. The van der Waals surface area contributed by atoms with Gasteiger partial charge in [-0.3, -0.25) is 0 Å². The van der Waals surface area contributed by atoms with E-state index in [-0.39, 0.29) is 17.3 Å². The van der Waals surface area contributed by atoms with Gasteiger partial charge in [0.1, 0.15) is 5.82 Å². The molecule has 1 unspecified atom stereocenters. The molecule has 0 bridgehead atoms. The quantitative estimate of drug-likeness (QED) is 0.789. The van der Waals surface area contributed by atoms with E-state index < -0.39 is 0 Å². The minimum atomic E-state index is -0.329. The van der Waals surface area contributed by atoms with Crippen molar-refractivity contribution in [2.75, 3.05) is 0 Å². The van der Waals surface area contributed by atoms with Gasteiger partial charge >= 0.3 is 0 Å². The second-order valence-electron chi connectivity index (χ2n) is 6.64. The molecule has 1 N–H and O–H groups in total. The molecule has 0 amide bonds. The van der Waals surface area contributed by atoms with Gasteiger partial charge in [0.15, 0.2) is 0 Å². The van der Waals surface area contributed by atoms with Crippen LogP contribution < -0.4 is 0 Å². The molecular formula is C17H24BrFO. The van der Waals surface area contributed by atoms with Gasteiger partial charge in [-0.1, -0.05) is 32.8 Å². The number of hydrogen-bond acceptors (Lipinski definition) is 1. The Hall–Kier alpha value is -0.410.